The average molecular weight is 383 g/mol. The van der Waals surface area contributed by atoms with Crippen LogP contribution in [0.3, 0.4) is 0 Å². The fourth-order valence-electron chi connectivity index (χ4n) is 3.95. The summed E-state index contributed by atoms with van der Waals surface area (Å²) in [5.41, 5.74) is 5.30. The lowest BCUT2D eigenvalue weighted by Gasteiger charge is -2.32. The second-order valence-corrected chi connectivity index (χ2v) is 8.00. The molecule has 28 heavy (non-hydrogen) atoms. The molecule has 1 atom stereocenters. The van der Waals surface area contributed by atoms with Crippen molar-refractivity contribution < 1.29 is 9.53 Å². The van der Waals surface area contributed by atoms with Crippen molar-refractivity contribution >= 4 is 5.91 Å². The van der Waals surface area contributed by atoms with Crippen LogP contribution in [-0.4, -0.2) is 59.9 Å². The van der Waals surface area contributed by atoms with Crippen LogP contribution in [0.15, 0.2) is 24.3 Å². The molecule has 6 heteroatoms. The van der Waals surface area contributed by atoms with E-state index in [4.69, 9.17) is 4.74 Å². The van der Waals surface area contributed by atoms with E-state index in [1.807, 2.05) is 24.3 Å². The number of amides is 1. The Kier molecular flexibility index (Phi) is 5.78. The first kappa shape index (κ1) is 19.2. The Labute approximate surface area is 166 Å². The Hall–Kier alpha value is -2.18. The van der Waals surface area contributed by atoms with Crippen molar-refractivity contribution in [3.05, 3.63) is 41.2 Å². The van der Waals surface area contributed by atoms with Gasteiger partial charge in [0.15, 0.2) is 0 Å². The molecule has 1 amide bonds. The number of morpholine rings is 1. The van der Waals surface area contributed by atoms with E-state index >= 15 is 0 Å². The number of carbonyl (C=O) groups is 1. The van der Waals surface area contributed by atoms with Gasteiger partial charge in [0.05, 0.1) is 18.9 Å². The lowest BCUT2D eigenvalue weighted by Crippen LogP contribution is -2.43. The molecule has 0 radical (unpaired) electrons. The predicted molar refractivity (Wildman–Crippen MR) is 110 cm³/mol. The van der Waals surface area contributed by atoms with Gasteiger partial charge in [-0.3, -0.25) is 14.8 Å². The summed E-state index contributed by atoms with van der Waals surface area (Å²) in [7, 11) is 0. The molecule has 1 aliphatic carbocycles. The maximum absolute atomic E-state index is 12.5. The first-order valence-corrected chi connectivity index (χ1v) is 10.4. The maximum Gasteiger partial charge on any atom is 0.251 e. The zero-order valence-corrected chi connectivity index (χ0v) is 16.8. The van der Waals surface area contributed by atoms with Crippen LogP contribution in [0.25, 0.3) is 11.1 Å². The van der Waals surface area contributed by atoms with Crippen LogP contribution >= 0.6 is 0 Å². The van der Waals surface area contributed by atoms with Crippen LogP contribution < -0.4 is 5.32 Å². The first-order chi connectivity index (χ1) is 13.6. The topological polar surface area (TPSA) is 70.2 Å². The van der Waals surface area contributed by atoms with Crippen molar-refractivity contribution in [2.75, 3.05) is 32.8 Å². The maximum atomic E-state index is 12.5. The molecule has 150 valence electrons. The molecule has 2 aromatic rings. The number of aromatic nitrogens is 2. The van der Waals surface area contributed by atoms with Gasteiger partial charge in [-0.1, -0.05) is 12.1 Å². The van der Waals surface area contributed by atoms with Gasteiger partial charge in [0.2, 0.25) is 0 Å². The Balaban J connectivity index is 1.32. The molecule has 0 spiro atoms. The molecule has 6 nitrogen and oxygen atoms in total. The lowest BCUT2D eigenvalue weighted by molar-refractivity contribution is 0.0187. The highest BCUT2D eigenvalue weighted by atomic mass is 16.5. The van der Waals surface area contributed by atoms with E-state index in [1.165, 1.54) is 24.1 Å². The van der Waals surface area contributed by atoms with Crippen molar-refractivity contribution in [1.29, 1.82) is 0 Å². The number of aromatic amines is 1. The Morgan fingerprint density at radius 2 is 2.00 bits per heavy atom. The zero-order chi connectivity index (χ0) is 19.5. The molecule has 1 aromatic heterocycles. The number of rotatable bonds is 7. The summed E-state index contributed by atoms with van der Waals surface area (Å²) in [5.74, 6) is 0.587. The number of H-pyrrole nitrogens is 1. The fourth-order valence-corrected chi connectivity index (χ4v) is 3.95. The molecule has 1 saturated heterocycles. The van der Waals surface area contributed by atoms with E-state index in [1.54, 1.807) is 0 Å². The third kappa shape index (κ3) is 4.28. The number of nitrogens with one attached hydrogen (secondary N) is 2. The second-order valence-electron chi connectivity index (χ2n) is 8.00. The van der Waals surface area contributed by atoms with Crippen LogP contribution in [0.2, 0.25) is 0 Å². The lowest BCUT2D eigenvalue weighted by atomic mass is 10.00. The fraction of sp³-hybridized carbons (Fsp3) is 0.545. The second kappa shape index (κ2) is 8.45. The quantitative estimate of drug-likeness (QED) is 0.772. The van der Waals surface area contributed by atoms with Gasteiger partial charge in [0.1, 0.15) is 0 Å². The number of carbonyl (C=O) groups excluding carboxylic acids is 1. The highest BCUT2D eigenvalue weighted by Crippen LogP contribution is 2.44. The predicted octanol–water partition coefficient (Wildman–Crippen LogP) is 3.10. The van der Waals surface area contributed by atoms with Gasteiger partial charge in [-0.25, -0.2) is 0 Å². The summed E-state index contributed by atoms with van der Waals surface area (Å²) in [6, 6.07) is 8.36. The minimum Gasteiger partial charge on any atom is -0.379 e. The van der Waals surface area contributed by atoms with Crippen molar-refractivity contribution in [1.82, 2.24) is 20.4 Å². The van der Waals surface area contributed by atoms with E-state index < -0.39 is 0 Å². The summed E-state index contributed by atoms with van der Waals surface area (Å²) < 4.78 is 5.40. The smallest absolute Gasteiger partial charge is 0.251 e. The highest BCUT2D eigenvalue weighted by molar-refractivity contribution is 5.94. The molecule has 0 bridgehead atoms. The third-order valence-corrected chi connectivity index (χ3v) is 5.89. The molecule has 2 fully saturated rings. The molecular formula is C22H30N4O2. The summed E-state index contributed by atoms with van der Waals surface area (Å²) in [5, 5.41) is 10.7. The molecule has 2 heterocycles. The zero-order valence-electron chi connectivity index (χ0n) is 16.8. The molecule has 0 unspecified atom stereocenters. The first-order valence-electron chi connectivity index (χ1n) is 10.4. The average Bonchev–Trinajstić information content (AvgIpc) is 3.50. The van der Waals surface area contributed by atoms with Gasteiger partial charge in [0, 0.05) is 48.4 Å². The van der Waals surface area contributed by atoms with Crippen molar-refractivity contribution in [2.45, 2.75) is 45.1 Å². The Morgan fingerprint density at radius 3 is 2.68 bits per heavy atom. The number of hydrogen-bond donors (Lipinski definition) is 2. The summed E-state index contributed by atoms with van der Waals surface area (Å²) >= 11 is 0. The highest BCUT2D eigenvalue weighted by Gasteiger charge is 2.30. The minimum absolute atomic E-state index is 0.00735. The van der Waals surface area contributed by atoms with Crippen LogP contribution in [0.1, 0.15) is 53.8 Å². The molecule has 1 aromatic carbocycles. The number of benzene rings is 1. The van der Waals surface area contributed by atoms with E-state index in [0.717, 1.165) is 44.0 Å². The Bertz CT molecular complexity index is 804. The number of aryl methyl sites for hydroxylation is 1. The Morgan fingerprint density at radius 1 is 1.29 bits per heavy atom. The monoisotopic (exact) mass is 382 g/mol. The van der Waals surface area contributed by atoms with Gasteiger partial charge in [-0.15, -0.1) is 0 Å². The van der Waals surface area contributed by atoms with Crippen LogP contribution in [-0.2, 0) is 4.74 Å². The third-order valence-electron chi connectivity index (χ3n) is 5.89. The van der Waals surface area contributed by atoms with Crippen LogP contribution in [0.5, 0.6) is 0 Å². The van der Waals surface area contributed by atoms with Crippen molar-refractivity contribution in [3.8, 4) is 11.1 Å². The minimum atomic E-state index is -0.00735. The van der Waals surface area contributed by atoms with Gasteiger partial charge < -0.3 is 10.1 Å². The van der Waals surface area contributed by atoms with E-state index in [9.17, 15) is 4.79 Å². The van der Waals surface area contributed by atoms with Gasteiger partial charge in [-0.2, -0.15) is 5.10 Å². The number of nitrogens with zero attached hydrogens (tertiary/aromatic N) is 2. The SMILES string of the molecule is Cc1[nH]nc(C2CC2)c1-c1ccc(C(=O)NCC[C@H](C)N2CCOCC2)cc1. The van der Waals surface area contributed by atoms with Crippen LogP contribution in [0, 0.1) is 6.92 Å². The summed E-state index contributed by atoms with van der Waals surface area (Å²) in [4.78, 5) is 14.9. The van der Waals surface area contributed by atoms with Crippen molar-refractivity contribution in [3.63, 3.8) is 0 Å². The largest absolute Gasteiger partial charge is 0.379 e. The molecule has 1 saturated carbocycles. The van der Waals surface area contributed by atoms with E-state index in [0.29, 0.717) is 24.1 Å². The van der Waals surface area contributed by atoms with Crippen molar-refractivity contribution in [2.24, 2.45) is 0 Å². The summed E-state index contributed by atoms with van der Waals surface area (Å²) in [6.45, 7) is 8.54. The van der Waals surface area contributed by atoms with Gasteiger partial charge in [-0.05, 0) is 50.8 Å². The van der Waals surface area contributed by atoms with E-state index in [-0.39, 0.29) is 5.91 Å². The van der Waals surface area contributed by atoms with E-state index in [2.05, 4.69) is 34.3 Å². The molecule has 2 aliphatic rings. The number of hydrogen-bond acceptors (Lipinski definition) is 4. The number of ether oxygens (including phenoxy) is 1. The van der Waals surface area contributed by atoms with Gasteiger partial charge in [0.25, 0.3) is 5.91 Å². The van der Waals surface area contributed by atoms with Gasteiger partial charge >= 0.3 is 0 Å². The normalized spacial score (nSPS) is 18.8. The molecule has 1 aliphatic heterocycles. The van der Waals surface area contributed by atoms with Crippen LogP contribution in [0.4, 0.5) is 0 Å². The summed E-state index contributed by atoms with van der Waals surface area (Å²) in [6.07, 6.45) is 3.39. The molecule has 4 rings (SSSR count). The molecule has 2 N–H and O–H groups in total. The molecular weight excluding hydrogens is 352 g/mol. The standard InChI is InChI=1S/C22H30N4O2/c1-15(26-11-13-28-14-12-26)9-10-23-22(27)19-7-3-17(4-8-19)20-16(2)24-25-21(20)18-5-6-18/h3-4,7-8,15,18H,5-6,9-14H2,1-2H3,(H,23,27)(H,24,25)/t15-/m0/s1.